The summed E-state index contributed by atoms with van der Waals surface area (Å²) in [5, 5.41) is 29.5. The van der Waals surface area contributed by atoms with Crippen LogP contribution in [0.15, 0.2) is 30.6 Å². The van der Waals surface area contributed by atoms with E-state index < -0.39 is 31.1 Å². The summed E-state index contributed by atoms with van der Waals surface area (Å²) in [4.78, 5) is 12.5. The Morgan fingerprint density at radius 1 is 1.20 bits per heavy atom. The number of halogens is 1. The molecule has 1 fully saturated rings. The van der Waals surface area contributed by atoms with E-state index in [0.29, 0.717) is 18.4 Å². The van der Waals surface area contributed by atoms with E-state index in [0.717, 1.165) is 0 Å². The maximum atomic E-state index is 13.7. The van der Waals surface area contributed by atoms with Gasteiger partial charge in [-0.25, -0.2) is 9.37 Å². The number of aliphatic hydroxyl groups excluding tert-OH is 3. The van der Waals surface area contributed by atoms with Crippen molar-refractivity contribution in [3.63, 3.8) is 0 Å². The average Bonchev–Trinajstić information content (AvgIpc) is 3.28. The SMILES string of the molecule is Nc1nc(OCCCc2ccccc2F)nc2c1ncn2[C@@H]1O[C@H](CO)[C@@H](O)[C@H]1O. The lowest BCUT2D eigenvalue weighted by molar-refractivity contribution is -0.0511. The monoisotopic (exact) mass is 419 g/mol. The van der Waals surface area contributed by atoms with Crippen LogP contribution in [0.3, 0.4) is 0 Å². The quantitative estimate of drug-likeness (QED) is 0.393. The summed E-state index contributed by atoms with van der Waals surface area (Å²) in [5.74, 6) is -0.184. The summed E-state index contributed by atoms with van der Waals surface area (Å²) in [6, 6.07) is 6.54. The van der Waals surface area contributed by atoms with Crippen molar-refractivity contribution in [2.24, 2.45) is 0 Å². The third-order valence-electron chi connectivity index (χ3n) is 5.00. The first-order chi connectivity index (χ1) is 14.5. The first kappa shape index (κ1) is 20.4. The molecular formula is C19H22FN5O5. The van der Waals surface area contributed by atoms with E-state index in [4.69, 9.17) is 15.2 Å². The zero-order valence-corrected chi connectivity index (χ0v) is 15.9. The number of aromatic nitrogens is 4. The smallest absolute Gasteiger partial charge is 0.320 e. The molecule has 1 aromatic carbocycles. The number of aryl methyl sites for hydroxylation is 1. The van der Waals surface area contributed by atoms with Crippen molar-refractivity contribution in [2.45, 2.75) is 37.4 Å². The summed E-state index contributed by atoms with van der Waals surface area (Å²) < 4.78 is 26.2. The second-order valence-corrected chi connectivity index (χ2v) is 6.99. The molecule has 1 aliphatic heterocycles. The maximum absolute atomic E-state index is 13.7. The highest BCUT2D eigenvalue weighted by Gasteiger charge is 2.44. The highest BCUT2D eigenvalue weighted by Crippen LogP contribution is 2.32. The number of hydrogen-bond acceptors (Lipinski definition) is 9. The van der Waals surface area contributed by atoms with Gasteiger partial charge in [-0.05, 0) is 24.5 Å². The number of ether oxygens (including phenoxy) is 2. The minimum Gasteiger partial charge on any atom is -0.463 e. The number of aliphatic hydroxyl groups is 3. The van der Waals surface area contributed by atoms with Gasteiger partial charge >= 0.3 is 6.01 Å². The summed E-state index contributed by atoms with van der Waals surface area (Å²) in [6.07, 6.45) is -2.10. The third-order valence-corrected chi connectivity index (χ3v) is 5.00. The van der Waals surface area contributed by atoms with Crippen molar-refractivity contribution >= 4 is 17.0 Å². The molecule has 0 radical (unpaired) electrons. The Morgan fingerprint density at radius 2 is 2.00 bits per heavy atom. The highest BCUT2D eigenvalue weighted by molar-refractivity contribution is 5.82. The molecule has 0 unspecified atom stereocenters. The second-order valence-electron chi connectivity index (χ2n) is 6.99. The number of nitrogens with two attached hydrogens (primary N) is 1. The van der Waals surface area contributed by atoms with Gasteiger partial charge < -0.3 is 30.5 Å². The van der Waals surface area contributed by atoms with Crippen LogP contribution in [-0.2, 0) is 11.2 Å². The fraction of sp³-hybridized carbons (Fsp3) is 0.421. The molecule has 2 aromatic heterocycles. The van der Waals surface area contributed by atoms with Crippen LogP contribution < -0.4 is 10.5 Å². The summed E-state index contributed by atoms with van der Waals surface area (Å²) in [6.45, 7) is -0.212. The van der Waals surface area contributed by atoms with Gasteiger partial charge in [0, 0.05) is 0 Å². The van der Waals surface area contributed by atoms with E-state index in [1.807, 2.05) is 0 Å². The Labute approximate surface area is 170 Å². The molecule has 0 bridgehead atoms. The maximum Gasteiger partial charge on any atom is 0.320 e. The van der Waals surface area contributed by atoms with Crippen LogP contribution in [0, 0.1) is 5.82 Å². The molecule has 5 N–H and O–H groups in total. The van der Waals surface area contributed by atoms with Crippen molar-refractivity contribution < 1.29 is 29.2 Å². The number of benzene rings is 1. The lowest BCUT2D eigenvalue weighted by atomic mass is 10.1. The van der Waals surface area contributed by atoms with Gasteiger partial charge in [-0.3, -0.25) is 4.57 Å². The topological polar surface area (TPSA) is 149 Å². The van der Waals surface area contributed by atoms with E-state index in [-0.39, 0.29) is 35.4 Å². The van der Waals surface area contributed by atoms with Gasteiger partial charge in [0.25, 0.3) is 0 Å². The molecule has 1 aliphatic rings. The largest absolute Gasteiger partial charge is 0.463 e. The Bertz CT molecular complexity index is 1030. The number of nitrogens with zero attached hydrogens (tertiary/aromatic N) is 4. The van der Waals surface area contributed by atoms with Crippen LogP contribution in [-0.4, -0.2) is 66.4 Å². The normalized spacial score (nSPS) is 23.9. The predicted molar refractivity (Wildman–Crippen MR) is 103 cm³/mol. The van der Waals surface area contributed by atoms with Crippen LogP contribution in [0.4, 0.5) is 10.2 Å². The Kier molecular flexibility index (Phi) is 5.77. The van der Waals surface area contributed by atoms with Crippen molar-refractivity contribution in [1.29, 1.82) is 0 Å². The molecule has 160 valence electrons. The Hall–Kier alpha value is -2.86. The first-order valence-corrected chi connectivity index (χ1v) is 9.48. The van der Waals surface area contributed by atoms with Crippen molar-refractivity contribution in [3.05, 3.63) is 42.0 Å². The zero-order valence-electron chi connectivity index (χ0n) is 15.9. The molecule has 11 heteroatoms. The minimum absolute atomic E-state index is 0.00188. The molecule has 3 aromatic rings. The molecule has 0 amide bonds. The van der Waals surface area contributed by atoms with E-state index in [2.05, 4.69) is 15.0 Å². The molecule has 4 rings (SSSR count). The van der Waals surface area contributed by atoms with Gasteiger partial charge in [0.1, 0.15) is 24.1 Å². The molecule has 0 saturated carbocycles. The number of nitrogen functional groups attached to an aromatic ring is 1. The van der Waals surface area contributed by atoms with Crippen molar-refractivity contribution in [3.8, 4) is 6.01 Å². The molecule has 30 heavy (non-hydrogen) atoms. The van der Waals surface area contributed by atoms with Gasteiger partial charge in [0.15, 0.2) is 23.2 Å². The number of fused-ring (bicyclic) bond motifs is 1. The molecule has 0 spiro atoms. The standard InChI is InChI=1S/C19H22FN5O5/c20-11-6-2-1-4-10(11)5-3-7-29-19-23-16(21)13-17(24-19)25(9-22-13)18-15(28)14(27)12(8-26)30-18/h1-2,4,6,9,12,14-15,18,26-28H,3,5,7-8H2,(H2,21,23,24)/t12-,14-,15-,18-/m1/s1. The molecule has 0 aliphatic carbocycles. The van der Waals surface area contributed by atoms with Gasteiger partial charge in [-0.15, -0.1) is 0 Å². The number of hydrogen-bond donors (Lipinski definition) is 4. The van der Waals surface area contributed by atoms with E-state index >= 15 is 0 Å². The first-order valence-electron chi connectivity index (χ1n) is 9.48. The lowest BCUT2D eigenvalue weighted by Gasteiger charge is -2.16. The Balaban J connectivity index is 1.49. The number of anilines is 1. The molecular weight excluding hydrogens is 397 g/mol. The summed E-state index contributed by atoms with van der Waals surface area (Å²) in [5.41, 5.74) is 7.08. The van der Waals surface area contributed by atoms with Gasteiger partial charge in [-0.1, -0.05) is 18.2 Å². The fourth-order valence-corrected chi connectivity index (χ4v) is 3.41. The Morgan fingerprint density at radius 3 is 2.73 bits per heavy atom. The summed E-state index contributed by atoms with van der Waals surface area (Å²) in [7, 11) is 0. The van der Waals surface area contributed by atoms with Gasteiger partial charge in [-0.2, -0.15) is 9.97 Å². The van der Waals surface area contributed by atoms with E-state index in [9.17, 15) is 19.7 Å². The zero-order chi connectivity index (χ0) is 21.3. The fourth-order valence-electron chi connectivity index (χ4n) is 3.41. The lowest BCUT2D eigenvalue weighted by Crippen LogP contribution is -2.33. The van der Waals surface area contributed by atoms with Gasteiger partial charge in [0.2, 0.25) is 0 Å². The number of rotatable bonds is 7. The minimum atomic E-state index is -1.29. The van der Waals surface area contributed by atoms with Crippen LogP contribution in [0.25, 0.3) is 11.2 Å². The van der Waals surface area contributed by atoms with Crippen LogP contribution >= 0.6 is 0 Å². The number of imidazole rings is 1. The van der Waals surface area contributed by atoms with Gasteiger partial charge in [0.05, 0.1) is 19.5 Å². The average molecular weight is 419 g/mol. The molecule has 4 atom stereocenters. The summed E-state index contributed by atoms with van der Waals surface area (Å²) >= 11 is 0. The van der Waals surface area contributed by atoms with E-state index in [1.54, 1.807) is 18.2 Å². The van der Waals surface area contributed by atoms with Crippen LogP contribution in [0.2, 0.25) is 0 Å². The van der Waals surface area contributed by atoms with Crippen LogP contribution in [0.5, 0.6) is 6.01 Å². The molecule has 3 heterocycles. The second kappa shape index (κ2) is 8.48. The molecule has 1 saturated heterocycles. The highest BCUT2D eigenvalue weighted by atomic mass is 19.1. The van der Waals surface area contributed by atoms with Crippen molar-refractivity contribution in [2.75, 3.05) is 18.9 Å². The van der Waals surface area contributed by atoms with Crippen molar-refractivity contribution in [1.82, 2.24) is 19.5 Å². The predicted octanol–water partition coefficient (Wildman–Crippen LogP) is 0.171. The van der Waals surface area contributed by atoms with E-state index in [1.165, 1.54) is 17.0 Å². The van der Waals surface area contributed by atoms with Crippen LogP contribution in [0.1, 0.15) is 18.2 Å². The molecule has 10 nitrogen and oxygen atoms in total. The third kappa shape index (κ3) is 3.79.